The average Bonchev–Trinajstić information content (AvgIpc) is 2.96. The van der Waals surface area contributed by atoms with Crippen molar-refractivity contribution in [3.63, 3.8) is 0 Å². The third kappa shape index (κ3) is 3.31. The van der Waals surface area contributed by atoms with Crippen LogP contribution in [0.5, 0.6) is 0 Å². The third-order valence-corrected chi connectivity index (χ3v) is 5.16. The normalized spacial score (nSPS) is 12.4. The Hall–Kier alpha value is -3.41. The van der Waals surface area contributed by atoms with Crippen LogP contribution < -0.4 is 10.9 Å². The monoisotopic (exact) mass is 388 g/mol. The minimum absolute atomic E-state index is 0.0988. The van der Waals surface area contributed by atoms with E-state index in [2.05, 4.69) is 16.4 Å². The van der Waals surface area contributed by atoms with Crippen LogP contribution in [0.1, 0.15) is 36.2 Å². The van der Waals surface area contributed by atoms with Crippen LogP contribution in [0, 0.1) is 20.8 Å². The molecule has 2 aromatic heterocycles. The van der Waals surface area contributed by atoms with E-state index in [9.17, 15) is 9.59 Å². The van der Waals surface area contributed by atoms with Crippen LogP contribution in [-0.4, -0.2) is 20.1 Å². The Kier molecular flexibility index (Phi) is 4.70. The van der Waals surface area contributed by atoms with Gasteiger partial charge in [0.2, 0.25) is 5.91 Å². The highest BCUT2D eigenvalue weighted by Gasteiger charge is 2.25. The first-order valence-corrected chi connectivity index (χ1v) is 9.78. The molecule has 0 bridgehead atoms. The lowest BCUT2D eigenvalue weighted by atomic mass is 10.1. The summed E-state index contributed by atoms with van der Waals surface area (Å²) in [6.45, 7) is 7.87. The molecule has 0 saturated heterocycles. The lowest BCUT2D eigenvalue weighted by Crippen LogP contribution is -2.29. The molecule has 0 aliphatic rings. The number of nitrogens with zero attached hydrogens (tertiary/aromatic N) is 3. The number of benzene rings is 2. The maximum Gasteiger partial charge on any atom is 0.273 e. The second kappa shape index (κ2) is 7.20. The fourth-order valence-corrected chi connectivity index (χ4v) is 4.06. The van der Waals surface area contributed by atoms with Gasteiger partial charge in [0.05, 0.1) is 5.52 Å². The van der Waals surface area contributed by atoms with Crippen molar-refractivity contribution in [2.45, 2.75) is 40.2 Å². The van der Waals surface area contributed by atoms with E-state index < -0.39 is 6.04 Å². The molecular weight excluding hydrogens is 364 g/mol. The van der Waals surface area contributed by atoms with E-state index in [0.717, 1.165) is 33.4 Å². The van der Waals surface area contributed by atoms with Gasteiger partial charge in [0.1, 0.15) is 6.04 Å². The summed E-state index contributed by atoms with van der Waals surface area (Å²) < 4.78 is 3.83. The molecule has 0 aliphatic heterocycles. The van der Waals surface area contributed by atoms with Gasteiger partial charge < -0.3 is 5.32 Å². The van der Waals surface area contributed by atoms with Crippen LogP contribution in [-0.2, 0) is 4.79 Å². The van der Waals surface area contributed by atoms with E-state index in [1.807, 2.05) is 73.3 Å². The fraction of sp³-hybridized carbons (Fsp3) is 0.261. The van der Waals surface area contributed by atoms with E-state index in [0.29, 0.717) is 12.1 Å². The molecule has 0 saturated carbocycles. The first kappa shape index (κ1) is 18.9. The van der Waals surface area contributed by atoms with E-state index >= 15 is 0 Å². The van der Waals surface area contributed by atoms with Crippen LogP contribution in [0.3, 0.4) is 0 Å². The number of anilines is 1. The first-order valence-electron chi connectivity index (χ1n) is 9.78. The second-order valence-electron chi connectivity index (χ2n) is 7.52. The molecule has 1 amide bonds. The number of rotatable bonds is 4. The van der Waals surface area contributed by atoms with Crippen molar-refractivity contribution in [2.24, 2.45) is 0 Å². The number of para-hydroxylation sites is 1. The smallest absolute Gasteiger partial charge is 0.273 e. The summed E-state index contributed by atoms with van der Waals surface area (Å²) in [4.78, 5) is 29.5. The minimum Gasteiger partial charge on any atom is -0.324 e. The lowest BCUT2D eigenvalue weighted by molar-refractivity contribution is -0.119. The second-order valence-corrected chi connectivity index (χ2v) is 7.52. The summed E-state index contributed by atoms with van der Waals surface area (Å²) >= 11 is 0. The van der Waals surface area contributed by atoms with E-state index in [4.69, 9.17) is 0 Å². The molecule has 1 atom stereocenters. The van der Waals surface area contributed by atoms with Gasteiger partial charge >= 0.3 is 0 Å². The van der Waals surface area contributed by atoms with Gasteiger partial charge in [0.25, 0.3) is 5.56 Å². The molecule has 0 aliphatic carbocycles. The molecule has 0 spiro atoms. The Morgan fingerprint density at radius 3 is 2.45 bits per heavy atom. The van der Waals surface area contributed by atoms with Crippen molar-refractivity contribution >= 4 is 28.1 Å². The van der Waals surface area contributed by atoms with Gasteiger partial charge in [-0.25, -0.2) is 4.52 Å². The zero-order valence-corrected chi connectivity index (χ0v) is 17.1. The van der Waals surface area contributed by atoms with Crippen LogP contribution in [0.2, 0.25) is 0 Å². The summed E-state index contributed by atoms with van der Waals surface area (Å²) in [5.41, 5.74) is 4.89. The van der Waals surface area contributed by atoms with Crippen LogP contribution in [0.4, 0.5) is 5.69 Å². The van der Waals surface area contributed by atoms with Gasteiger partial charge in [-0.1, -0.05) is 25.1 Å². The number of amides is 1. The van der Waals surface area contributed by atoms with Crippen LogP contribution >= 0.6 is 0 Å². The molecule has 0 radical (unpaired) electrons. The zero-order valence-electron chi connectivity index (χ0n) is 17.1. The number of carbonyl (C=O) groups excluding carboxylic acids is 1. The SMILES string of the molecule is CC[C@@H](C(=O)Nc1cc(C)cc(C)c1)n1c2ccccc2c2nc(=O)cc(C)n21. The predicted molar refractivity (Wildman–Crippen MR) is 116 cm³/mol. The van der Waals surface area contributed by atoms with Gasteiger partial charge in [0.15, 0.2) is 5.65 Å². The molecule has 148 valence electrons. The number of hydrogen-bond donors (Lipinski definition) is 1. The molecule has 2 aromatic carbocycles. The summed E-state index contributed by atoms with van der Waals surface area (Å²) in [5.74, 6) is -0.0988. The summed E-state index contributed by atoms with van der Waals surface area (Å²) in [6.07, 6.45) is 0.593. The number of aryl methyl sites for hydroxylation is 3. The highest BCUT2D eigenvalue weighted by Crippen LogP contribution is 2.27. The van der Waals surface area contributed by atoms with Gasteiger partial charge in [-0.05, 0) is 62.6 Å². The van der Waals surface area contributed by atoms with E-state index in [-0.39, 0.29) is 11.5 Å². The van der Waals surface area contributed by atoms with Crippen molar-refractivity contribution in [3.05, 3.63) is 75.7 Å². The van der Waals surface area contributed by atoms with E-state index in [1.54, 1.807) is 0 Å². The van der Waals surface area contributed by atoms with Crippen molar-refractivity contribution in [1.82, 2.24) is 14.2 Å². The van der Waals surface area contributed by atoms with Crippen molar-refractivity contribution in [1.29, 1.82) is 0 Å². The van der Waals surface area contributed by atoms with Gasteiger partial charge in [0, 0.05) is 22.8 Å². The summed E-state index contributed by atoms with van der Waals surface area (Å²) in [6, 6.07) is 14.8. The number of hydrogen-bond acceptors (Lipinski definition) is 3. The topological polar surface area (TPSA) is 68.4 Å². The Morgan fingerprint density at radius 1 is 1.07 bits per heavy atom. The highest BCUT2D eigenvalue weighted by atomic mass is 16.2. The largest absolute Gasteiger partial charge is 0.324 e. The molecule has 6 heteroatoms. The Bertz CT molecular complexity index is 1280. The molecule has 0 unspecified atom stereocenters. The molecule has 29 heavy (non-hydrogen) atoms. The minimum atomic E-state index is -0.457. The Labute approximate surface area is 168 Å². The van der Waals surface area contributed by atoms with Crippen molar-refractivity contribution in [2.75, 3.05) is 5.32 Å². The van der Waals surface area contributed by atoms with Gasteiger partial charge in [-0.3, -0.25) is 14.3 Å². The first-order chi connectivity index (χ1) is 13.9. The molecule has 0 fully saturated rings. The number of nitrogens with one attached hydrogen (secondary N) is 1. The van der Waals surface area contributed by atoms with Gasteiger partial charge in [-0.15, -0.1) is 0 Å². The summed E-state index contributed by atoms with van der Waals surface area (Å²) in [7, 11) is 0. The molecule has 2 heterocycles. The average molecular weight is 388 g/mol. The van der Waals surface area contributed by atoms with Crippen molar-refractivity contribution < 1.29 is 4.79 Å². The predicted octanol–water partition coefficient (Wildman–Crippen LogP) is 4.16. The Balaban J connectivity index is 1.88. The van der Waals surface area contributed by atoms with Crippen LogP contribution in [0.25, 0.3) is 16.6 Å². The third-order valence-electron chi connectivity index (χ3n) is 5.16. The highest BCUT2D eigenvalue weighted by molar-refractivity contribution is 5.97. The molecular formula is C23H24N4O2. The standard InChI is InChI=1S/C23H24N4O2/c1-5-19(23(29)24-17-11-14(2)10-15(3)12-17)27-20-9-7-6-8-18(20)22-25-21(28)13-16(4)26(22)27/h6-13,19H,5H2,1-4H3,(H,24,29)/t19-/m0/s1. The lowest BCUT2D eigenvalue weighted by Gasteiger charge is -2.21. The quantitative estimate of drug-likeness (QED) is 0.571. The van der Waals surface area contributed by atoms with E-state index in [1.165, 1.54) is 6.07 Å². The van der Waals surface area contributed by atoms with Gasteiger partial charge in [-0.2, -0.15) is 4.98 Å². The zero-order chi connectivity index (χ0) is 20.7. The number of aromatic nitrogens is 3. The maximum absolute atomic E-state index is 13.3. The number of fused-ring (bicyclic) bond motifs is 3. The summed E-state index contributed by atoms with van der Waals surface area (Å²) in [5, 5.41) is 3.92. The molecule has 4 rings (SSSR count). The molecule has 4 aromatic rings. The number of carbonyl (C=O) groups is 1. The van der Waals surface area contributed by atoms with Crippen molar-refractivity contribution in [3.8, 4) is 0 Å². The molecule has 1 N–H and O–H groups in total. The fourth-order valence-electron chi connectivity index (χ4n) is 4.06. The molecule has 6 nitrogen and oxygen atoms in total. The van der Waals surface area contributed by atoms with Crippen LogP contribution in [0.15, 0.2) is 53.3 Å². The Morgan fingerprint density at radius 2 is 1.76 bits per heavy atom. The maximum atomic E-state index is 13.3.